The normalized spacial score (nSPS) is 13.6. The van der Waals surface area contributed by atoms with E-state index in [0.29, 0.717) is 12.0 Å². The van der Waals surface area contributed by atoms with Crippen LogP contribution >= 0.6 is 0 Å². The Kier molecular flexibility index (Phi) is 3.73. The van der Waals surface area contributed by atoms with Gasteiger partial charge in [0, 0.05) is 5.92 Å². The summed E-state index contributed by atoms with van der Waals surface area (Å²) in [6.07, 6.45) is -3.98. The molecule has 1 aromatic rings. The zero-order valence-electron chi connectivity index (χ0n) is 9.14. The summed E-state index contributed by atoms with van der Waals surface area (Å²) in [5, 5.41) is 0. The Morgan fingerprint density at radius 3 is 2.50 bits per heavy atom. The molecule has 0 N–H and O–H groups in total. The number of ketones is 1. The van der Waals surface area contributed by atoms with Crippen LogP contribution in [0.2, 0.25) is 0 Å². The highest BCUT2D eigenvalue weighted by Crippen LogP contribution is 2.29. The zero-order chi connectivity index (χ0) is 12.3. The van der Waals surface area contributed by atoms with Gasteiger partial charge in [0.15, 0.2) is 0 Å². The summed E-state index contributed by atoms with van der Waals surface area (Å²) in [6, 6.07) is 5.10. The summed E-state index contributed by atoms with van der Waals surface area (Å²) in [5.41, 5.74) is -0.127. The third-order valence-electron chi connectivity index (χ3n) is 2.49. The molecule has 0 bridgehead atoms. The van der Waals surface area contributed by atoms with E-state index >= 15 is 0 Å². The quantitative estimate of drug-likeness (QED) is 0.777. The van der Waals surface area contributed by atoms with Gasteiger partial charge in [-0.25, -0.2) is 0 Å². The van der Waals surface area contributed by atoms with Crippen molar-refractivity contribution >= 4 is 5.78 Å². The first-order valence-corrected chi connectivity index (χ1v) is 4.97. The molecule has 0 heterocycles. The number of Topliss-reactive ketones (excluding diaryl/α,β-unsaturated/α-hetero) is 1. The molecule has 0 aromatic heterocycles. The maximum absolute atomic E-state index is 12.4. The second-order valence-electron chi connectivity index (χ2n) is 3.91. The number of hydrogen-bond acceptors (Lipinski definition) is 1. The minimum Gasteiger partial charge on any atom is -0.300 e. The van der Waals surface area contributed by atoms with Crippen molar-refractivity contribution in [2.24, 2.45) is 5.92 Å². The Labute approximate surface area is 92.3 Å². The Bertz CT molecular complexity index is 382. The van der Waals surface area contributed by atoms with E-state index < -0.39 is 11.7 Å². The Balaban J connectivity index is 2.87. The molecular weight excluding hydrogens is 217 g/mol. The summed E-state index contributed by atoms with van der Waals surface area (Å²) >= 11 is 0. The van der Waals surface area contributed by atoms with Crippen LogP contribution in [-0.4, -0.2) is 5.78 Å². The predicted molar refractivity (Wildman–Crippen MR) is 55.0 cm³/mol. The van der Waals surface area contributed by atoms with E-state index in [1.165, 1.54) is 13.0 Å². The van der Waals surface area contributed by atoms with E-state index in [2.05, 4.69) is 0 Å². The highest BCUT2D eigenvalue weighted by atomic mass is 19.4. The van der Waals surface area contributed by atoms with Crippen LogP contribution in [0, 0.1) is 5.92 Å². The van der Waals surface area contributed by atoms with Gasteiger partial charge in [0.1, 0.15) is 5.78 Å². The Hall–Kier alpha value is -1.32. The standard InChI is InChI=1S/C12H13F3O/c1-8(9(2)16)6-10-4-3-5-11(7-10)12(13,14)15/h3-5,7-8H,6H2,1-2H3. The van der Waals surface area contributed by atoms with Crippen LogP contribution in [0.15, 0.2) is 24.3 Å². The lowest BCUT2D eigenvalue weighted by atomic mass is 9.97. The molecule has 88 valence electrons. The fraction of sp³-hybridized carbons (Fsp3) is 0.417. The summed E-state index contributed by atoms with van der Waals surface area (Å²) in [7, 11) is 0. The largest absolute Gasteiger partial charge is 0.416 e. The van der Waals surface area contributed by atoms with Gasteiger partial charge in [-0.1, -0.05) is 25.1 Å². The lowest BCUT2D eigenvalue weighted by Crippen LogP contribution is -2.11. The summed E-state index contributed by atoms with van der Waals surface area (Å²) in [6.45, 7) is 3.15. The maximum atomic E-state index is 12.4. The second-order valence-corrected chi connectivity index (χ2v) is 3.91. The minimum absolute atomic E-state index is 0.0163. The number of alkyl halides is 3. The Morgan fingerprint density at radius 2 is 2.00 bits per heavy atom. The molecule has 1 unspecified atom stereocenters. The smallest absolute Gasteiger partial charge is 0.300 e. The van der Waals surface area contributed by atoms with Crippen molar-refractivity contribution in [2.75, 3.05) is 0 Å². The minimum atomic E-state index is -4.32. The molecule has 0 fully saturated rings. The molecule has 1 nitrogen and oxygen atoms in total. The van der Waals surface area contributed by atoms with E-state index in [0.717, 1.165) is 12.1 Å². The molecule has 1 aromatic carbocycles. The van der Waals surface area contributed by atoms with Crippen molar-refractivity contribution in [3.8, 4) is 0 Å². The van der Waals surface area contributed by atoms with Crippen LogP contribution in [0.25, 0.3) is 0 Å². The van der Waals surface area contributed by atoms with Gasteiger partial charge >= 0.3 is 6.18 Å². The molecule has 0 spiro atoms. The lowest BCUT2D eigenvalue weighted by Gasteiger charge is -2.11. The van der Waals surface area contributed by atoms with Crippen molar-refractivity contribution in [3.63, 3.8) is 0 Å². The van der Waals surface area contributed by atoms with E-state index in [9.17, 15) is 18.0 Å². The Morgan fingerprint density at radius 1 is 1.38 bits per heavy atom. The van der Waals surface area contributed by atoms with E-state index in [-0.39, 0.29) is 11.7 Å². The van der Waals surface area contributed by atoms with Gasteiger partial charge in [-0.15, -0.1) is 0 Å². The molecule has 16 heavy (non-hydrogen) atoms. The number of benzene rings is 1. The molecule has 0 saturated heterocycles. The van der Waals surface area contributed by atoms with Crippen LogP contribution in [0.4, 0.5) is 13.2 Å². The maximum Gasteiger partial charge on any atom is 0.416 e. The van der Waals surface area contributed by atoms with Gasteiger partial charge in [-0.3, -0.25) is 4.79 Å². The summed E-state index contributed by atoms with van der Waals surface area (Å²) in [5.74, 6) is -0.263. The number of rotatable bonds is 3. The summed E-state index contributed by atoms with van der Waals surface area (Å²) in [4.78, 5) is 11.0. The van der Waals surface area contributed by atoms with Crippen molar-refractivity contribution in [3.05, 3.63) is 35.4 Å². The van der Waals surface area contributed by atoms with E-state index in [1.807, 2.05) is 0 Å². The molecule has 1 rings (SSSR count). The number of carbonyl (C=O) groups is 1. The van der Waals surface area contributed by atoms with Crippen LogP contribution in [0.5, 0.6) is 0 Å². The van der Waals surface area contributed by atoms with Gasteiger partial charge in [0.25, 0.3) is 0 Å². The molecule has 0 aliphatic carbocycles. The van der Waals surface area contributed by atoms with Crippen molar-refractivity contribution in [1.82, 2.24) is 0 Å². The SMILES string of the molecule is CC(=O)C(C)Cc1cccc(C(F)(F)F)c1. The average molecular weight is 230 g/mol. The van der Waals surface area contributed by atoms with Gasteiger partial charge in [0.05, 0.1) is 5.56 Å². The fourth-order valence-corrected chi connectivity index (χ4v) is 1.37. The molecule has 4 heteroatoms. The molecule has 0 aliphatic rings. The third-order valence-corrected chi connectivity index (χ3v) is 2.49. The van der Waals surface area contributed by atoms with Crippen LogP contribution in [-0.2, 0) is 17.4 Å². The summed E-state index contributed by atoms with van der Waals surface area (Å²) < 4.78 is 37.2. The first-order valence-electron chi connectivity index (χ1n) is 4.97. The van der Waals surface area contributed by atoms with E-state index in [4.69, 9.17) is 0 Å². The molecule has 0 saturated carbocycles. The van der Waals surface area contributed by atoms with Gasteiger partial charge in [0.2, 0.25) is 0 Å². The van der Waals surface area contributed by atoms with Crippen molar-refractivity contribution in [2.45, 2.75) is 26.4 Å². The number of carbonyl (C=O) groups excluding carboxylic acids is 1. The highest BCUT2D eigenvalue weighted by molar-refractivity contribution is 5.78. The second kappa shape index (κ2) is 4.68. The first kappa shape index (κ1) is 12.7. The number of halogens is 3. The van der Waals surface area contributed by atoms with E-state index in [1.54, 1.807) is 13.0 Å². The molecule has 0 aliphatic heterocycles. The molecule has 1 atom stereocenters. The van der Waals surface area contributed by atoms with Gasteiger partial charge < -0.3 is 0 Å². The molecular formula is C12H13F3O. The first-order chi connectivity index (χ1) is 7.30. The molecule has 0 radical (unpaired) electrons. The topological polar surface area (TPSA) is 17.1 Å². The molecule has 0 amide bonds. The van der Waals surface area contributed by atoms with Gasteiger partial charge in [-0.2, -0.15) is 13.2 Å². The zero-order valence-corrected chi connectivity index (χ0v) is 9.14. The third kappa shape index (κ3) is 3.36. The predicted octanol–water partition coefficient (Wildman–Crippen LogP) is 3.47. The van der Waals surface area contributed by atoms with Crippen molar-refractivity contribution in [1.29, 1.82) is 0 Å². The average Bonchev–Trinajstić information content (AvgIpc) is 2.16. The number of hydrogen-bond donors (Lipinski definition) is 0. The monoisotopic (exact) mass is 230 g/mol. The van der Waals surface area contributed by atoms with Gasteiger partial charge in [-0.05, 0) is 25.0 Å². The van der Waals surface area contributed by atoms with Crippen LogP contribution in [0.1, 0.15) is 25.0 Å². The lowest BCUT2D eigenvalue weighted by molar-refractivity contribution is -0.137. The van der Waals surface area contributed by atoms with Crippen LogP contribution < -0.4 is 0 Å². The highest BCUT2D eigenvalue weighted by Gasteiger charge is 2.30. The fourth-order valence-electron chi connectivity index (χ4n) is 1.37. The van der Waals surface area contributed by atoms with Crippen molar-refractivity contribution < 1.29 is 18.0 Å². The van der Waals surface area contributed by atoms with Crippen LogP contribution in [0.3, 0.4) is 0 Å².